The average Bonchev–Trinajstić information content (AvgIpc) is 3.34. The molecule has 1 saturated carbocycles. The van der Waals surface area contributed by atoms with Crippen LogP contribution in [0.4, 0.5) is 5.69 Å². The number of carbonyl (C=O) groups excluding carboxylic acids is 2. The van der Waals surface area contributed by atoms with Gasteiger partial charge in [-0.3, -0.25) is 9.59 Å². The van der Waals surface area contributed by atoms with Gasteiger partial charge >= 0.3 is 0 Å². The van der Waals surface area contributed by atoms with Gasteiger partial charge in [0.25, 0.3) is 11.8 Å². The summed E-state index contributed by atoms with van der Waals surface area (Å²) >= 11 is 0. The third-order valence-electron chi connectivity index (χ3n) is 3.96. The Morgan fingerprint density at radius 3 is 2.30 bits per heavy atom. The fourth-order valence-electron chi connectivity index (χ4n) is 2.38. The van der Waals surface area contributed by atoms with E-state index in [2.05, 4.69) is 10.6 Å². The second-order valence-electron chi connectivity index (χ2n) is 6.10. The molecule has 23 heavy (non-hydrogen) atoms. The van der Waals surface area contributed by atoms with Gasteiger partial charge in [0.05, 0.1) is 0 Å². The first-order valence-electron chi connectivity index (χ1n) is 7.82. The van der Waals surface area contributed by atoms with E-state index < -0.39 is 0 Å². The lowest BCUT2D eigenvalue weighted by Crippen LogP contribution is -2.25. The molecule has 2 amide bonds. The fraction of sp³-hybridized carbons (Fsp3) is 0.263. The zero-order valence-corrected chi connectivity index (χ0v) is 13.3. The lowest BCUT2D eigenvalue weighted by atomic mass is 10.0. The van der Waals surface area contributed by atoms with Crippen LogP contribution in [0, 0.1) is 13.8 Å². The van der Waals surface area contributed by atoms with Crippen LogP contribution in [0.2, 0.25) is 0 Å². The quantitative estimate of drug-likeness (QED) is 0.909. The molecule has 0 aromatic heterocycles. The molecule has 0 atom stereocenters. The van der Waals surface area contributed by atoms with Gasteiger partial charge in [-0.05, 0) is 62.6 Å². The van der Waals surface area contributed by atoms with Crippen LogP contribution in [0.5, 0.6) is 0 Å². The molecule has 4 nitrogen and oxygen atoms in total. The molecular formula is C19H20N2O2. The van der Waals surface area contributed by atoms with Gasteiger partial charge in [0, 0.05) is 22.9 Å². The number of aryl methyl sites for hydroxylation is 2. The topological polar surface area (TPSA) is 58.2 Å². The average molecular weight is 308 g/mol. The van der Waals surface area contributed by atoms with Crippen LogP contribution in [0.15, 0.2) is 42.5 Å². The highest BCUT2D eigenvalue weighted by atomic mass is 16.2. The first-order valence-corrected chi connectivity index (χ1v) is 7.82. The van der Waals surface area contributed by atoms with E-state index in [9.17, 15) is 9.59 Å². The standard InChI is InChI=1S/C19H20N2O2/c1-12-3-4-13(2)17(11-12)19(23)21-15-7-5-14(6-8-15)18(22)20-16-9-10-16/h3-8,11,16H,9-10H2,1-2H3,(H,20,22)(H,21,23). The molecule has 0 bridgehead atoms. The first kappa shape index (κ1) is 15.3. The van der Waals surface area contributed by atoms with E-state index in [4.69, 9.17) is 0 Å². The van der Waals surface area contributed by atoms with Crippen molar-refractivity contribution in [3.8, 4) is 0 Å². The number of hydrogen-bond donors (Lipinski definition) is 2. The molecule has 2 N–H and O–H groups in total. The largest absolute Gasteiger partial charge is 0.349 e. The Morgan fingerprint density at radius 1 is 0.957 bits per heavy atom. The van der Waals surface area contributed by atoms with Gasteiger partial charge in [0.15, 0.2) is 0 Å². The molecule has 1 aliphatic rings. The van der Waals surface area contributed by atoms with Gasteiger partial charge in [-0.1, -0.05) is 17.7 Å². The lowest BCUT2D eigenvalue weighted by molar-refractivity contribution is 0.0950. The van der Waals surface area contributed by atoms with E-state index >= 15 is 0 Å². The Kier molecular flexibility index (Phi) is 4.15. The second kappa shape index (κ2) is 6.24. The SMILES string of the molecule is Cc1ccc(C)c(C(=O)Nc2ccc(C(=O)NC3CC3)cc2)c1. The smallest absolute Gasteiger partial charge is 0.255 e. The summed E-state index contributed by atoms with van der Waals surface area (Å²) in [7, 11) is 0. The van der Waals surface area contributed by atoms with E-state index in [1.54, 1.807) is 24.3 Å². The number of anilines is 1. The minimum Gasteiger partial charge on any atom is -0.349 e. The van der Waals surface area contributed by atoms with Gasteiger partial charge < -0.3 is 10.6 Å². The van der Waals surface area contributed by atoms with Gasteiger partial charge in [-0.25, -0.2) is 0 Å². The van der Waals surface area contributed by atoms with Crippen LogP contribution < -0.4 is 10.6 Å². The summed E-state index contributed by atoms with van der Waals surface area (Å²) in [5.41, 5.74) is 3.95. The van der Waals surface area contributed by atoms with Crippen molar-refractivity contribution in [3.63, 3.8) is 0 Å². The van der Waals surface area contributed by atoms with Crippen LogP contribution in [-0.4, -0.2) is 17.9 Å². The summed E-state index contributed by atoms with van der Waals surface area (Å²) < 4.78 is 0. The zero-order chi connectivity index (χ0) is 16.4. The van der Waals surface area contributed by atoms with Crippen molar-refractivity contribution in [1.82, 2.24) is 5.32 Å². The number of nitrogens with one attached hydrogen (secondary N) is 2. The molecule has 0 radical (unpaired) electrons. The molecule has 1 aliphatic carbocycles. The number of amides is 2. The highest BCUT2D eigenvalue weighted by Crippen LogP contribution is 2.20. The molecule has 2 aromatic carbocycles. The summed E-state index contributed by atoms with van der Waals surface area (Å²) in [6.07, 6.45) is 2.13. The highest BCUT2D eigenvalue weighted by Gasteiger charge is 2.23. The summed E-state index contributed by atoms with van der Waals surface area (Å²) in [6, 6.07) is 13.1. The van der Waals surface area contributed by atoms with Gasteiger partial charge in [-0.15, -0.1) is 0 Å². The molecule has 0 heterocycles. The summed E-state index contributed by atoms with van der Waals surface area (Å²) in [5, 5.41) is 5.82. The van der Waals surface area contributed by atoms with Crippen LogP contribution in [0.3, 0.4) is 0 Å². The van der Waals surface area contributed by atoms with Crippen LogP contribution in [0.1, 0.15) is 44.7 Å². The minimum atomic E-state index is -0.138. The van der Waals surface area contributed by atoms with Crippen LogP contribution in [0.25, 0.3) is 0 Å². The Morgan fingerprint density at radius 2 is 1.65 bits per heavy atom. The molecule has 2 aromatic rings. The van der Waals surface area contributed by atoms with Crippen molar-refractivity contribution < 1.29 is 9.59 Å². The minimum absolute atomic E-state index is 0.0556. The number of hydrogen-bond acceptors (Lipinski definition) is 2. The molecule has 0 unspecified atom stereocenters. The molecule has 0 aliphatic heterocycles. The predicted octanol–water partition coefficient (Wildman–Crippen LogP) is 3.45. The Balaban J connectivity index is 1.68. The number of rotatable bonds is 4. The Hall–Kier alpha value is -2.62. The highest BCUT2D eigenvalue weighted by molar-refractivity contribution is 6.05. The van der Waals surface area contributed by atoms with Crippen molar-refractivity contribution in [2.45, 2.75) is 32.7 Å². The van der Waals surface area contributed by atoms with Gasteiger partial charge in [0.1, 0.15) is 0 Å². The zero-order valence-electron chi connectivity index (χ0n) is 13.3. The molecule has 0 spiro atoms. The molecule has 0 saturated heterocycles. The maximum Gasteiger partial charge on any atom is 0.255 e. The molecule has 118 valence electrons. The maximum absolute atomic E-state index is 12.4. The van der Waals surface area contributed by atoms with Crippen molar-refractivity contribution >= 4 is 17.5 Å². The first-order chi connectivity index (χ1) is 11.0. The van der Waals surface area contributed by atoms with E-state index in [0.717, 1.165) is 24.0 Å². The third-order valence-corrected chi connectivity index (χ3v) is 3.96. The second-order valence-corrected chi connectivity index (χ2v) is 6.10. The Labute approximate surface area is 135 Å². The van der Waals surface area contributed by atoms with E-state index in [1.807, 2.05) is 32.0 Å². The third kappa shape index (κ3) is 3.77. The maximum atomic E-state index is 12.4. The molecule has 1 fully saturated rings. The number of benzene rings is 2. The van der Waals surface area contributed by atoms with Crippen LogP contribution >= 0.6 is 0 Å². The monoisotopic (exact) mass is 308 g/mol. The molecular weight excluding hydrogens is 288 g/mol. The van der Waals surface area contributed by atoms with Crippen LogP contribution in [-0.2, 0) is 0 Å². The summed E-state index contributed by atoms with van der Waals surface area (Å²) in [6.45, 7) is 3.88. The van der Waals surface area contributed by atoms with Crippen molar-refractivity contribution in [2.24, 2.45) is 0 Å². The van der Waals surface area contributed by atoms with Gasteiger partial charge in [0.2, 0.25) is 0 Å². The lowest BCUT2D eigenvalue weighted by Gasteiger charge is -2.09. The number of carbonyl (C=O) groups is 2. The van der Waals surface area contributed by atoms with Crippen molar-refractivity contribution in [1.29, 1.82) is 0 Å². The van der Waals surface area contributed by atoms with E-state index in [-0.39, 0.29) is 11.8 Å². The normalized spacial score (nSPS) is 13.5. The van der Waals surface area contributed by atoms with Gasteiger partial charge in [-0.2, -0.15) is 0 Å². The van der Waals surface area contributed by atoms with Crippen molar-refractivity contribution in [3.05, 3.63) is 64.7 Å². The summed E-state index contributed by atoms with van der Waals surface area (Å²) in [5.74, 6) is -0.193. The van der Waals surface area contributed by atoms with E-state index in [1.165, 1.54) is 0 Å². The predicted molar refractivity (Wildman–Crippen MR) is 90.8 cm³/mol. The Bertz CT molecular complexity index is 746. The molecule has 4 heteroatoms. The van der Waals surface area contributed by atoms with Crippen molar-refractivity contribution in [2.75, 3.05) is 5.32 Å². The summed E-state index contributed by atoms with van der Waals surface area (Å²) in [4.78, 5) is 24.3. The fourth-order valence-corrected chi connectivity index (χ4v) is 2.38. The van der Waals surface area contributed by atoms with E-state index in [0.29, 0.717) is 22.9 Å². The molecule has 3 rings (SSSR count).